The van der Waals surface area contributed by atoms with Crippen LogP contribution in [0.1, 0.15) is 89.9 Å². The van der Waals surface area contributed by atoms with E-state index in [0.29, 0.717) is 18.1 Å². The van der Waals surface area contributed by atoms with E-state index >= 15 is 0 Å². The number of fused-ring (bicyclic) bond motifs is 2. The fourth-order valence-electron chi connectivity index (χ4n) is 8.53. The molecule has 3 heteroatoms. The predicted molar refractivity (Wildman–Crippen MR) is 120 cm³/mol. The van der Waals surface area contributed by atoms with Crippen LogP contribution >= 0.6 is 0 Å². The topological polar surface area (TPSA) is 28.2 Å². The van der Waals surface area contributed by atoms with E-state index in [-0.39, 0.29) is 21.1 Å². The van der Waals surface area contributed by atoms with E-state index in [2.05, 4.69) is 18.9 Å². The minimum Gasteiger partial charge on any atom is -0.687 e. The van der Waals surface area contributed by atoms with Crippen LogP contribution in [-0.4, -0.2) is 18.1 Å². The summed E-state index contributed by atoms with van der Waals surface area (Å²) in [7, 11) is 0. The number of hydrogen-bond acceptors (Lipinski definition) is 0. The molecule has 2 aliphatic heterocycles. The summed E-state index contributed by atoms with van der Waals surface area (Å²) < 4.78 is 0. The van der Waals surface area contributed by atoms with Crippen LogP contribution in [0.25, 0.3) is 10.6 Å². The van der Waals surface area contributed by atoms with Crippen molar-refractivity contribution in [3.8, 4) is 0 Å². The van der Waals surface area contributed by atoms with E-state index in [4.69, 9.17) is 10.6 Å². The Morgan fingerprint density at radius 3 is 2.13 bits per heavy atom. The van der Waals surface area contributed by atoms with Crippen molar-refractivity contribution in [1.29, 1.82) is 0 Å². The van der Waals surface area contributed by atoms with Gasteiger partial charge in [-0.25, -0.2) is 0 Å². The molecule has 0 bridgehead atoms. The molecule has 0 aromatic carbocycles. The fourth-order valence-corrected chi connectivity index (χ4v) is 8.53. The van der Waals surface area contributed by atoms with Crippen LogP contribution in [0.5, 0.6) is 0 Å². The molecule has 4 aliphatic carbocycles. The number of rotatable bonds is 4. The van der Waals surface area contributed by atoms with Crippen molar-refractivity contribution in [3.63, 3.8) is 0 Å². The van der Waals surface area contributed by atoms with Crippen LogP contribution in [0, 0.1) is 48.3 Å². The molecular weight excluding hydrogens is 547 g/mol. The number of hydrogen-bond donors (Lipinski definition) is 0. The van der Waals surface area contributed by atoms with Crippen LogP contribution in [-0.2, 0) is 21.1 Å². The number of nitrogens with zero attached hydrogens (tertiary/aromatic N) is 2. The first kappa shape index (κ1) is 22.0. The molecule has 0 radical (unpaired) electrons. The summed E-state index contributed by atoms with van der Waals surface area (Å²) in [6, 6.07) is 1.76. The molecule has 6 aliphatic rings. The summed E-state index contributed by atoms with van der Waals surface area (Å²) in [5.74, 6) is 5.54. The first-order valence-electron chi connectivity index (χ1n) is 13.1. The van der Waals surface area contributed by atoms with Gasteiger partial charge in [0.15, 0.2) is 0 Å². The molecule has 5 fully saturated rings. The molecular formula is C27H40N2Pt. The van der Waals surface area contributed by atoms with Gasteiger partial charge < -0.3 is 23.5 Å². The third-order valence-electron chi connectivity index (χ3n) is 9.84. The van der Waals surface area contributed by atoms with Crippen molar-refractivity contribution in [3.05, 3.63) is 35.2 Å². The summed E-state index contributed by atoms with van der Waals surface area (Å²) >= 11 is 0. The van der Waals surface area contributed by atoms with E-state index in [0.717, 1.165) is 41.9 Å². The van der Waals surface area contributed by atoms with Gasteiger partial charge in [0, 0.05) is 0 Å². The Morgan fingerprint density at radius 2 is 1.43 bits per heavy atom. The first-order chi connectivity index (χ1) is 14.3. The standard InChI is InChI=1S/C27H40N2.Pt/c1-5-18-7-3-11-24(22(18)9-1)26-15-13-20(28-26)17-21-14-16-27(29-21)25-12-4-8-19-6-2-10-23(19)25;/h11-13,18-19,21-27H,1-10,14-17H2;/q-4;+4. The first-order valence-corrected chi connectivity index (χ1v) is 13.1. The van der Waals surface area contributed by atoms with Crippen molar-refractivity contribution in [2.24, 2.45) is 35.5 Å². The molecule has 6 rings (SSSR count). The molecule has 4 saturated carbocycles. The second kappa shape index (κ2) is 9.59. The Hall–Kier alpha value is 0.188. The molecule has 1 saturated heterocycles. The minimum absolute atomic E-state index is 0. The second-order valence-corrected chi connectivity index (χ2v) is 11.3. The fraction of sp³-hybridized carbons (Fsp3) is 0.852. The van der Waals surface area contributed by atoms with E-state index in [9.17, 15) is 0 Å². The Balaban J connectivity index is 0.00000193. The molecule has 168 valence electrons. The molecule has 0 spiro atoms. The third kappa shape index (κ3) is 4.23. The summed E-state index contributed by atoms with van der Waals surface area (Å²) in [6.07, 6.45) is 27.3. The van der Waals surface area contributed by atoms with Crippen molar-refractivity contribution >= 4 is 0 Å². The van der Waals surface area contributed by atoms with Crippen LogP contribution in [0.2, 0.25) is 0 Å². The SMILES string of the molecule is C1=C(CC2CCC(C3[CH-]CCC4CCCC43)[N-]2)[N-]C(C2[CH-]CCC3CCCC32)C1.[Pt+4]. The van der Waals surface area contributed by atoms with Crippen LogP contribution < -0.4 is 0 Å². The average molecular weight is 588 g/mol. The zero-order chi connectivity index (χ0) is 19.2. The Labute approximate surface area is 199 Å². The van der Waals surface area contributed by atoms with Gasteiger partial charge in [0.1, 0.15) is 0 Å². The average Bonchev–Trinajstić information content (AvgIpc) is 3.53. The van der Waals surface area contributed by atoms with E-state index in [1.54, 1.807) is 0 Å². The van der Waals surface area contributed by atoms with Gasteiger partial charge in [-0.1, -0.05) is 88.9 Å². The van der Waals surface area contributed by atoms with Gasteiger partial charge in [0.25, 0.3) is 0 Å². The zero-order valence-electron chi connectivity index (χ0n) is 18.5. The minimum atomic E-state index is 0. The summed E-state index contributed by atoms with van der Waals surface area (Å²) in [5.41, 5.74) is 1.41. The smallest absolute Gasteiger partial charge is 0.687 e. The molecule has 0 aromatic heterocycles. The second-order valence-electron chi connectivity index (χ2n) is 11.3. The molecule has 9 unspecified atom stereocenters. The Morgan fingerprint density at radius 1 is 0.767 bits per heavy atom. The van der Waals surface area contributed by atoms with Gasteiger partial charge in [-0.3, -0.25) is 0 Å². The van der Waals surface area contributed by atoms with Gasteiger partial charge in [0.2, 0.25) is 0 Å². The molecule has 2 nitrogen and oxygen atoms in total. The van der Waals surface area contributed by atoms with Gasteiger partial charge in [-0.05, 0) is 11.8 Å². The summed E-state index contributed by atoms with van der Waals surface area (Å²) in [4.78, 5) is 0. The van der Waals surface area contributed by atoms with Crippen molar-refractivity contribution in [2.45, 2.75) is 108 Å². The van der Waals surface area contributed by atoms with Crippen LogP contribution in [0.15, 0.2) is 11.8 Å². The Kier molecular flexibility index (Phi) is 7.03. The normalized spacial score (nSPS) is 47.9. The molecule has 9 atom stereocenters. The van der Waals surface area contributed by atoms with E-state index in [1.165, 1.54) is 89.2 Å². The summed E-state index contributed by atoms with van der Waals surface area (Å²) in [5, 5.41) is 10.7. The monoisotopic (exact) mass is 587 g/mol. The Bertz CT molecular complexity index is 618. The maximum absolute atomic E-state index is 5.39. The zero-order valence-corrected chi connectivity index (χ0v) is 20.8. The van der Waals surface area contributed by atoms with Crippen LogP contribution in [0.3, 0.4) is 0 Å². The van der Waals surface area contributed by atoms with Gasteiger partial charge in [-0.15, -0.1) is 18.2 Å². The largest absolute Gasteiger partial charge is 4.00 e. The molecule has 0 amide bonds. The molecule has 0 N–H and O–H groups in total. The van der Waals surface area contributed by atoms with Gasteiger partial charge in [-0.2, -0.15) is 36.4 Å². The summed E-state index contributed by atoms with van der Waals surface area (Å²) in [6.45, 7) is 0. The molecule has 0 aromatic rings. The van der Waals surface area contributed by atoms with E-state index < -0.39 is 0 Å². The van der Waals surface area contributed by atoms with Crippen LogP contribution in [0.4, 0.5) is 0 Å². The quantitative estimate of drug-likeness (QED) is 0.308. The maximum Gasteiger partial charge on any atom is 4.00 e. The maximum atomic E-state index is 5.39. The molecule has 30 heavy (non-hydrogen) atoms. The van der Waals surface area contributed by atoms with Gasteiger partial charge >= 0.3 is 21.1 Å². The predicted octanol–water partition coefficient (Wildman–Crippen LogP) is 7.37. The van der Waals surface area contributed by atoms with Crippen molar-refractivity contribution in [1.82, 2.24) is 0 Å². The van der Waals surface area contributed by atoms with Crippen molar-refractivity contribution in [2.75, 3.05) is 0 Å². The molecule has 2 heterocycles. The van der Waals surface area contributed by atoms with E-state index in [1.807, 2.05) is 0 Å². The third-order valence-corrected chi connectivity index (χ3v) is 9.84. The van der Waals surface area contributed by atoms with Crippen molar-refractivity contribution < 1.29 is 21.1 Å². The van der Waals surface area contributed by atoms with Gasteiger partial charge in [0.05, 0.1) is 0 Å².